The third kappa shape index (κ3) is 2.78. The summed E-state index contributed by atoms with van der Waals surface area (Å²) in [6.07, 6.45) is 3.73. The average Bonchev–Trinajstić information content (AvgIpc) is 2.31. The number of anilines is 1. The first-order valence-electron chi connectivity index (χ1n) is 6.31. The van der Waals surface area contributed by atoms with E-state index in [4.69, 9.17) is 5.73 Å². The molecule has 1 aromatic rings. The number of nitrogen functional groups attached to an aromatic ring is 1. The summed E-state index contributed by atoms with van der Waals surface area (Å²) in [7, 11) is 0. The fourth-order valence-corrected chi connectivity index (χ4v) is 2.82. The highest BCUT2D eigenvalue weighted by Gasteiger charge is 2.27. The fourth-order valence-electron chi connectivity index (χ4n) is 2.82. The molecule has 1 fully saturated rings. The number of aliphatic hydroxyl groups excluding tert-OH is 1. The van der Waals surface area contributed by atoms with E-state index in [2.05, 4.69) is 6.92 Å². The van der Waals surface area contributed by atoms with Gasteiger partial charge in [-0.25, -0.2) is 4.39 Å². The molecule has 0 saturated heterocycles. The van der Waals surface area contributed by atoms with Crippen LogP contribution in [0.2, 0.25) is 0 Å². The molecular weight excluding hydrogens is 217 g/mol. The summed E-state index contributed by atoms with van der Waals surface area (Å²) in [5, 5.41) is 10.3. The second kappa shape index (κ2) is 5.05. The molecule has 0 aliphatic heterocycles. The van der Waals surface area contributed by atoms with Crippen molar-refractivity contribution >= 4 is 5.69 Å². The first-order chi connectivity index (χ1) is 8.08. The highest BCUT2D eigenvalue weighted by atomic mass is 19.1. The lowest BCUT2D eigenvalue weighted by Crippen LogP contribution is -2.21. The first-order valence-corrected chi connectivity index (χ1v) is 6.31. The molecule has 0 radical (unpaired) electrons. The van der Waals surface area contributed by atoms with Gasteiger partial charge in [-0.1, -0.05) is 19.8 Å². The van der Waals surface area contributed by atoms with Crippen LogP contribution in [0.15, 0.2) is 18.2 Å². The molecule has 2 nitrogen and oxygen atoms in total. The van der Waals surface area contributed by atoms with E-state index in [9.17, 15) is 9.50 Å². The van der Waals surface area contributed by atoms with E-state index in [1.165, 1.54) is 24.6 Å². The van der Waals surface area contributed by atoms with Gasteiger partial charge in [0, 0.05) is 11.3 Å². The maximum absolute atomic E-state index is 13.2. The van der Waals surface area contributed by atoms with E-state index in [-0.39, 0.29) is 11.7 Å². The predicted molar refractivity (Wildman–Crippen MR) is 66.9 cm³/mol. The number of benzene rings is 1. The van der Waals surface area contributed by atoms with Crippen LogP contribution >= 0.6 is 0 Å². The monoisotopic (exact) mass is 237 g/mol. The van der Waals surface area contributed by atoms with Crippen molar-refractivity contribution in [3.05, 3.63) is 29.6 Å². The largest absolute Gasteiger partial charge is 0.398 e. The first kappa shape index (κ1) is 12.4. The smallest absolute Gasteiger partial charge is 0.123 e. The van der Waals surface area contributed by atoms with E-state index in [0.717, 1.165) is 19.3 Å². The molecule has 0 aromatic heterocycles. The van der Waals surface area contributed by atoms with Crippen LogP contribution < -0.4 is 5.73 Å². The fraction of sp³-hybridized carbons (Fsp3) is 0.571. The van der Waals surface area contributed by atoms with Crippen molar-refractivity contribution in [2.75, 3.05) is 5.73 Å². The Hall–Kier alpha value is -1.09. The van der Waals surface area contributed by atoms with Crippen LogP contribution in [0.5, 0.6) is 0 Å². The summed E-state index contributed by atoms with van der Waals surface area (Å²) in [4.78, 5) is 0. The van der Waals surface area contributed by atoms with Gasteiger partial charge < -0.3 is 10.8 Å². The Bertz CT molecular complexity index is 394. The van der Waals surface area contributed by atoms with E-state index in [1.807, 2.05) is 0 Å². The molecule has 0 bridgehead atoms. The number of hydrogen-bond acceptors (Lipinski definition) is 2. The van der Waals surface area contributed by atoms with E-state index in [1.54, 1.807) is 0 Å². The maximum atomic E-state index is 13.2. The summed E-state index contributed by atoms with van der Waals surface area (Å²) in [5.41, 5.74) is 6.83. The summed E-state index contributed by atoms with van der Waals surface area (Å²) in [5.74, 6) is 0.512. The molecule has 3 atom stereocenters. The third-order valence-electron chi connectivity index (χ3n) is 3.79. The zero-order valence-electron chi connectivity index (χ0n) is 10.2. The predicted octanol–water partition coefficient (Wildman–Crippen LogP) is 3.27. The normalized spacial score (nSPS) is 26.8. The summed E-state index contributed by atoms with van der Waals surface area (Å²) in [6, 6.07) is 4.22. The minimum atomic E-state index is -0.631. The second-order valence-corrected chi connectivity index (χ2v) is 5.25. The Morgan fingerprint density at radius 2 is 2.18 bits per heavy atom. The van der Waals surface area contributed by atoms with Crippen LogP contribution in [0.3, 0.4) is 0 Å². The van der Waals surface area contributed by atoms with Crippen LogP contribution in [-0.2, 0) is 0 Å². The lowest BCUT2D eigenvalue weighted by molar-refractivity contribution is 0.0717. The topological polar surface area (TPSA) is 46.2 Å². The number of hydrogen-bond donors (Lipinski definition) is 2. The minimum absolute atomic E-state index is 0.211. The van der Waals surface area contributed by atoms with Crippen molar-refractivity contribution in [1.29, 1.82) is 0 Å². The van der Waals surface area contributed by atoms with Gasteiger partial charge in [-0.05, 0) is 42.9 Å². The lowest BCUT2D eigenvalue weighted by atomic mass is 9.77. The Morgan fingerprint density at radius 1 is 1.41 bits per heavy atom. The maximum Gasteiger partial charge on any atom is 0.123 e. The van der Waals surface area contributed by atoms with Crippen LogP contribution in [0.25, 0.3) is 0 Å². The van der Waals surface area contributed by atoms with Gasteiger partial charge in [0.2, 0.25) is 0 Å². The van der Waals surface area contributed by atoms with Crippen molar-refractivity contribution < 1.29 is 9.50 Å². The highest BCUT2D eigenvalue weighted by molar-refractivity contribution is 5.48. The SMILES string of the molecule is CC1CCCC(C(O)c2cc(F)ccc2N)C1. The van der Waals surface area contributed by atoms with Gasteiger partial charge in [0.25, 0.3) is 0 Å². The van der Waals surface area contributed by atoms with Crippen LogP contribution in [-0.4, -0.2) is 5.11 Å². The van der Waals surface area contributed by atoms with E-state index < -0.39 is 6.10 Å². The van der Waals surface area contributed by atoms with Gasteiger partial charge in [-0.2, -0.15) is 0 Å². The number of halogens is 1. The molecule has 3 N–H and O–H groups in total. The van der Waals surface area contributed by atoms with Crippen LogP contribution in [0, 0.1) is 17.7 Å². The summed E-state index contributed by atoms with van der Waals surface area (Å²) >= 11 is 0. The average molecular weight is 237 g/mol. The molecule has 1 saturated carbocycles. The lowest BCUT2D eigenvalue weighted by Gasteiger charge is -2.31. The zero-order valence-corrected chi connectivity index (χ0v) is 10.2. The van der Waals surface area contributed by atoms with Gasteiger partial charge in [0.15, 0.2) is 0 Å². The molecule has 2 rings (SSSR count). The van der Waals surface area contributed by atoms with Crippen molar-refractivity contribution in [1.82, 2.24) is 0 Å². The molecule has 0 heterocycles. The molecule has 94 valence electrons. The Labute approximate surface area is 102 Å². The quantitative estimate of drug-likeness (QED) is 0.775. The molecule has 1 aromatic carbocycles. The van der Waals surface area contributed by atoms with Crippen molar-refractivity contribution in [2.24, 2.45) is 11.8 Å². The standard InChI is InChI=1S/C14H20FNO/c1-9-3-2-4-10(7-9)14(17)12-8-11(15)5-6-13(12)16/h5-6,8-10,14,17H,2-4,7,16H2,1H3. The van der Waals surface area contributed by atoms with Crippen LogP contribution in [0.1, 0.15) is 44.3 Å². The van der Waals surface area contributed by atoms with Crippen molar-refractivity contribution in [3.63, 3.8) is 0 Å². The molecule has 1 aliphatic carbocycles. The van der Waals surface area contributed by atoms with E-state index >= 15 is 0 Å². The molecule has 0 spiro atoms. The molecule has 3 heteroatoms. The van der Waals surface area contributed by atoms with Gasteiger partial charge in [0.1, 0.15) is 5.82 Å². The number of aliphatic hydroxyl groups is 1. The number of rotatable bonds is 2. The second-order valence-electron chi connectivity index (χ2n) is 5.25. The summed E-state index contributed by atoms with van der Waals surface area (Å²) < 4.78 is 13.2. The zero-order chi connectivity index (χ0) is 12.4. The summed E-state index contributed by atoms with van der Waals surface area (Å²) in [6.45, 7) is 2.20. The Kier molecular flexibility index (Phi) is 3.67. The molecule has 1 aliphatic rings. The molecule has 3 unspecified atom stereocenters. The van der Waals surface area contributed by atoms with Gasteiger partial charge in [-0.15, -0.1) is 0 Å². The van der Waals surface area contributed by atoms with Crippen molar-refractivity contribution in [2.45, 2.75) is 38.7 Å². The molecular formula is C14H20FNO. The van der Waals surface area contributed by atoms with Gasteiger partial charge >= 0.3 is 0 Å². The van der Waals surface area contributed by atoms with Gasteiger partial charge in [-0.3, -0.25) is 0 Å². The highest BCUT2D eigenvalue weighted by Crippen LogP contribution is 2.38. The minimum Gasteiger partial charge on any atom is -0.398 e. The van der Waals surface area contributed by atoms with Gasteiger partial charge in [0.05, 0.1) is 6.10 Å². The number of nitrogens with two attached hydrogens (primary N) is 1. The van der Waals surface area contributed by atoms with Crippen molar-refractivity contribution in [3.8, 4) is 0 Å². The molecule has 17 heavy (non-hydrogen) atoms. The molecule has 0 amide bonds. The Balaban J connectivity index is 2.18. The van der Waals surface area contributed by atoms with E-state index in [0.29, 0.717) is 17.2 Å². The van der Waals surface area contributed by atoms with Crippen LogP contribution in [0.4, 0.5) is 10.1 Å². The Morgan fingerprint density at radius 3 is 2.88 bits per heavy atom. The third-order valence-corrected chi connectivity index (χ3v) is 3.79.